The lowest BCUT2D eigenvalue weighted by molar-refractivity contribution is 0.0923. The van der Waals surface area contributed by atoms with Gasteiger partial charge in [-0.25, -0.2) is 4.90 Å². The fourth-order valence-electron chi connectivity index (χ4n) is 3.96. The van der Waals surface area contributed by atoms with Crippen molar-refractivity contribution < 1.29 is 14.4 Å². The van der Waals surface area contributed by atoms with E-state index in [2.05, 4.69) is 11.8 Å². The molecule has 2 heterocycles. The Morgan fingerprint density at radius 2 is 1.67 bits per heavy atom. The highest BCUT2D eigenvalue weighted by molar-refractivity contribution is 6.35. The Kier molecular flexibility index (Phi) is 4.18. The van der Waals surface area contributed by atoms with Gasteiger partial charge in [0.1, 0.15) is 0 Å². The molecule has 27 heavy (non-hydrogen) atoms. The van der Waals surface area contributed by atoms with Crippen molar-refractivity contribution in [1.29, 1.82) is 0 Å². The van der Waals surface area contributed by atoms with Crippen molar-refractivity contribution >= 4 is 29.1 Å². The number of hydrogen-bond acceptors (Lipinski definition) is 4. The van der Waals surface area contributed by atoms with Crippen LogP contribution in [-0.2, 0) is 0 Å². The Hall–Kier alpha value is -3.15. The maximum absolute atomic E-state index is 13.0. The van der Waals surface area contributed by atoms with E-state index in [0.717, 1.165) is 31.5 Å². The normalized spacial score (nSPS) is 19.4. The lowest BCUT2D eigenvalue weighted by Gasteiger charge is -2.37. The monoisotopic (exact) mass is 363 g/mol. The molecule has 3 amide bonds. The molecule has 2 aliphatic heterocycles. The molecule has 2 aliphatic rings. The lowest BCUT2D eigenvalue weighted by atomic mass is 10.0. The summed E-state index contributed by atoms with van der Waals surface area (Å²) < 4.78 is 0. The minimum Gasteiger partial charge on any atom is -0.367 e. The van der Waals surface area contributed by atoms with Crippen molar-refractivity contribution in [3.05, 3.63) is 59.2 Å². The summed E-state index contributed by atoms with van der Waals surface area (Å²) in [5.74, 6) is -1.34. The molecule has 0 aliphatic carbocycles. The molecule has 1 fully saturated rings. The molecule has 6 nitrogen and oxygen atoms in total. The van der Waals surface area contributed by atoms with E-state index in [-0.39, 0.29) is 23.4 Å². The Morgan fingerprint density at radius 3 is 2.26 bits per heavy atom. The average Bonchev–Trinajstić information content (AvgIpc) is 2.93. The van der Waals surface area contributed by atoms with Crippen LogP contribution >= 0.6 is 0 Å². The van der Waals surface area contributed by atoms with Crippen molar-refractivity contribution in [2.24, 2.45) is 5.73 Å². The molecule has 1 unspecified atom stereocenters. The first-order chi connectivity index (χ1) is 13.0. The molecule has 4 rings (SSSR count). The second-order valence-electron chi connectivity index (χ2n) is 7.10. The third kappa shape index (κ3) is 2.77. The molecule has 0 spiro atoms. The number of primary amides is 1. The van der Waals surface area contributed by atoms with Crippen LogP contribution in [0.5, 0.6) is 0 Å². The maximum Gasteiger partial charge on any atom is 0.266 e. The van der Waals surface area contributed by atoms with Gasteiger partial charge in [-0.3, -0.25) is 14.4 Å². The van der Waals surface area contributed by atoms with E-state index in [0.29, 0.717) is 16.8 Å². The quantitative estimate of drug-likeness (QED) is 0.850. The van der Waals surface area contributed by atoms with E-state index in [4.69, 9.17) is 5.73 Å². The third-order valence-electron chi connectivity index (χ3n) is 5.41. The summed E-state index contributed by atoms with van der Waals surface area (Å²) in [6, 6.07) is 12.1. The number of amides is 3. The predicted molar refractivity (Wildman–Crippen MR) is 103 cm³/mol. The third-order valence-corrected chi connectivity index (χ3v) is 5.41. The van der Waals surface area contributed by atoms with Crippen LogP contribution in [0.15, 0.2) is 42.5 Å². The summed E-state index contributed by atoms with van der Waals surface area (Å²) in [5, 5.41) is 0. The van der Waals surface area contributed by atoms with Crippen LogP contribution in [0.4, 0.5) is 11.4 Å². The molecule has 138 valence electrons. The van der Waals surface area contributed by atoms with E-state index in [1.807, 2.05) is 0 Å². The maximum atomic E-state index is 13.0. The molecular weight excluding hydrogens is 342 g/mol. The summed E-state index contributed by atoms with van der Waals surface area (Å²) in [4.78, 5) is 41.0. The Labute approximate surface area is 157 Å². The number of nitrogens with zero attached hydrogens (tertiary/aromatic N) is 2. The summed E-state index contributed by atoms with van der Waals surface area (Å²) in [7, 11) is 0. The second-order valence-corrected chi connectivity index (χ2v) is 7.10. The lowest BCUT2D eigenvalue weighted by Crippen LogP contribution is -2.39. The number of carbonyl (C=O) groups excluding carboxylic acids is 3. The standard InChI is InChI=1S/C21H21N3O3/c1-13-6-4-5-11-23(13)17-10-9-14(19(22)25)12-18(17)24-20(26)15-7-2-3-8-16(15)21(24)27/h2-3,7-10,12-13H,4-6,11H2,1H3,(H2,22,25). The fraction of sp³-hybridized carbons (Fsp3) is 0.286. The highest BCUT2D eigenvalue weighted by Crippen LogP contribution is 2.38. The molecule has 1 atom stereocenters. The number of hydrogen-bond donors (Lipinski definition) is 1. The molecule has 0 bridgehead atoms. The molecule has 2 aromatic carbocycles. The van der Waals surface area contributed by atoms with Gasteiger partial charge in [0.05, 0.1) is 22.5 Å². The zero-order valence-corrected chi connectivity index (χ0v) is 15.1. The highest BCUT2D eigenvalue weighted by atomic mass is 16.2. The Balaban J connectivity index is 1.86. The zero-order valence-electron chi connectivity index (χ0n) is 15.1. The van der Waals surface area contributed by atoms with Gasteiger partial charge in [-0.15, -0.1) is 0 Å². The fourth-order valence-corrected chi connectivity index (χ4v) is 3.96. The van der Waals surface area contributed by atoms with Gasteiger partial charge in [-0.05, 0) is 56.5 Å². The highest BCUT2D eigenvalue weighted by Gasteiger charge is 2.38. The summed E-state index contributed by atoms with van der Waals surface area (Å²) in [6.07, 6.45) is 3.24. The number of benzene rings is 2. The van der Waals surface area contributed by atoms with Gasteiger partial charge >= 0.3 is 0 Å². The van der Waals surface area contributed by atoms with Gasteiger partial charge in [0.25, 0.3) is 11.8 Å². The summed E-state index contributed by atoms with van der Waals surface area (Å²) in [6.45, 7) is 2.97. The molecule has 2 N–H and O–H groups in total. The first-order valence-electron chi connectivity index (χ1n) is 9.17. The van der Waals surface area contributed by atoms with Crippen molar-refractivity contribution in [2.75, 3.05) is 16.3 Å². The predicted octanol–water partition coefficient (Wildman–Crippen LogP) is 2.96. The minimum absolute atomic E-state index is 0.273. The molecule has 2 aromatic rings. The van der Waals surface area contributed by atoms with Gasteiger partial charge in [0, 0.05) is 18.2 Å². The summed E-state index contributed by atoms with van der Waals surface area (Å²) >= 11 is 0. The van der Waals surface area contributed by atoms with Crippen molar-refractivity contribution in [2.45, 2.75) is 32.2 Å². The summed E-state index contributed by atoms with van der Waals surface area (Å²) in [5.41, 5.74) is 7.68. The largest absolute Gasteiger partial charge is 0.367 e. The van der Waals surface area contributed by atoms with Crippen LogP contribution in [-0.4, -0.2) is 30.3 Å². The number of fused-ring (bicyclic) bond motifs is 1. The molecule has 0 aromatic heterocycles. The van der Waals surface area contributed by atoms with Gasteiger partial charge < -0.3 is 10.6 Å². The average molecular weight is 363 g/mol. The van der Waals surface area contributed by atoms with Crippen LogP contribution in [0.2, 0.25) is 0 Å². The van der Waals surface area contributed by atoms with Gasteiger partial charge in [-0.1, -0.05) is 12.1 Å². The van der Waals surface area contributed by atoms with Gasteiger partial charge in [0.15, 0.2) is 0 Å². The van der Waals surface area contributed by atoms with Crippen LogP contribution in [0.25, 0.3) is 0 Å². The number of piperidine rings is 1. The van der Waals surface area contributed by atoms with E-state index in [1.165, 1.54) is 4.90 Å². The number of nitrogens with two attached hydrogens (primary N) is 1. The van der Waals surface area contributed by atoms with Crippen LogP contribution in [0.3, 0.4) is 0 Å². The van der Waals surface area contributed by atoms with Crippen molar-refractivity contribution in [3.8, 4) is 0 Å². The van der Waals surface area contributed by atoms with E-state index in [9.17, 15) is 14.4 Å². The number of imide groups is 1. The number of anilines is 2. The van der Waals surface area contributed by atoms with Crippen LogP contribution in [0.1, 0.15) is 57.3 Å². The zero-order chi connectivity index (χ0) is 19.1. The van der Waals surface area contributed by atoms with E-state index >= 15 is 0 Å². The first-order valence-corrected chi connectivity index (χ1v) is 9.17. The van der Waals surface area contributed by atoms with Gasteiger partial charge in [-0.2, -0.15) is 0 Å². The topological polar surface area (TPSA) is 83.7 Å². The van der Waals surface area contributed by atoms with Crippen LogP contribution < -0.4 is 15.5 Å². The molecular formula is C21H21N3O3. The molecule has 1 saturated heterocycles. The number of carbonyl (C=O) groups is 3. The second kappa shape index (κ2) is 6.54. The van der Waals surface area contributed by atoms with Crippen molar-refractivity contribution in [3.63, 3.8) is 0 Å². The smallest absolute Gasteiger partial charge is 0.266 e. The molecule has 0 saturated carbocycles. The Bertz CT molecular complexity index is 918. The Morgan fingerprint density at radius 1 is 1.00 bits per heavy atom. The molecule has 6 heteroatoms. The van der Waals surface area contributed by atoms with Gasteiger partial charge in [0.2, 0.25) is 5.91 Å². The number of rotatable bonds is 3. The van der Waals surface area contributed by atoms with E-state index < -0.39 is 5.91 Å². The molecule has 0 radical (unpaired) electrons. The van der Waals surface area contributed by atoms with E-state index in [1.54, 1.807) is 42.5 Å². The van der Waals surface area contributed by atoms with Crippen molar-refractivity contribution in [1.82, 2.24) is 0 Å². The first kappa shape index (κ1) is 17.3. The van der Waals surface area contributed by atoms with Crippen LogP contribution in [0, 0.1) is 0 Å². The minimum atomic E-state index is -0.592. The SMILES string of the molecule is CC1CCCCN1c1ccc(C(N)=O)cc1N1C(=O)c2ccccc2C1=O.